The van der Waals surface area contributed by atoms with Gasteiger partial charge < -0.3 is 25.4 Å². The monoisotopic (exact) mass is 549 g/mol. The third-order valence-electron chi connectivity index (χ3n) is 6.76. The molecule has 0 bridgehead atoms. The van der Waals surface area contributed by atoms with Crippen LogP contribution in [0.5, 0.6) is 11.5 Å². The van der Waals surface area contributed by atoms with E-state index in [1.165, 1.54) is 0 Å². The maximum absolute atomic E-state index is 13.7. The number of nitrogens with two attached hydrogens (primary N) is 1. The Morgan fingerprint density at radius 1 is 0.923 bits per heavy atom. The maximum atomic E-state index is 13.7. The van der Waals surface area contributed by atoms with Gasteiger partial charge in [0.25, 0.3) is 11.8 Å². The smallest absolute Gasteiger partial charge is 0.255 e. The molecule has 0 aliphatic carbocycles. The molecule has 0 radical (unpaired) electrons. The molecular weight excluding hydrogens is 514 g/mol. The van der Waals surface area contributed by atoms with E-state index >= 15 is 0 Å². The maximum Gasteiger partial charge on any atom is 0.255 e. The second kappa shape index (κ2) is 11.3. The molecular formula is C31H36ClN3O4. The van der Waals surface area contributed by atoms with Gasteiger partial charge in [-0.3, -0.25) is 9.59 Å². The highest BCUT2D eigenvalue weighted by Gasteiger charge is 2.27. The topological polar surface area (TPSA) is 93.9 Å². The number of carbonyl (C=O) groups excluding carboxylic acids is 2. The summed E-state index contributed by atoms with van der Waals surface area (Å²) in [6.07, 6.45) is 0. The lowest BCUT2D eigenvalue weighted by molar-refractivity contribution is 0.0673. The molecule has 1 heterocycles. The molecule has 1 aliphatic rings. The lowest BCUT2D eigenvalue weighted by Gasteiger charge is -2.32. The number of ether oxygens (including phenoxy) is 2. The van der Waals surface area contributed by atoms with E-state index in [1.807, 2.05) is 38.1 Å². The van der Waals surface area contributed by atoms with Gasteiger partial charge in [0, 0.05) is 34.9 Å². The van der Waals surface area contributed by atoms with Crippen LogP contribution < -0.4 is 20.5 Å². The fourth-order valence-electron chi connectivity index (χ4n) is 4.30. The Bertz CT molecular complexity index is 1360. The van der Waals surface area contributed by atoms with Gasteiger partial charge in [0.15, 0.2) is 11.5 Å². The molecule has 0 unspecified atom stereocenters. The molecule has 8 heteroatoms. The van der Waals surface area contributed by atoms with Crippen LogP contribution in [0.3, 0.4) is 0 Å². The molecule has 3 aromatic rings. The molecule has 206 valence electrons. The average molecular weight is 550 g/mol. The first-order chi connectivity index (χ1) is 18.4. The zero-order chi connectivity index (χ0) is 28.4. The van der Waals surface area contributed by atoms with E-state index in [1.54, 1.807) is 41.3 Å². The van der Waals surface area contributed by atoms with Gasteiger partial charge in [-0.2, -0.15) is 0 Å². The Kier molecular flexibility index (Phi) is 8.23. The molecule has 4 rings (SSSR count). The predicted octanol–water partition coefficient (Wildman–Crippen LogP) is 6.25. The van der Waals surface area contributed by atoms with Crippen molar-refractivity contribution in [3.8, 4) is 11.5 Å². The number of fused-ring (bicyclic) bond motifs is 1. The van der Waals surface area contributed by atoms with Crippen LogP contribution in [0.4, 0.5) is 5.69 Å². The van der Waals surface area contributed by atoms with Gasteiger partial charge in [-0.1, -0.05) is 58.4 Å². The third kappa shape index (κ3) is 6.91. The van der Waals surface area contributed by atoms with Gasteiger partial charge in [-0.25, -0.2) is 0 Å². The summed E-state index contributed by atoms with van der Waals surface area (Å²) in [5.74, 6) is 0.748. The van der Waals surface area contributed by atoms with Crippen molar-refractivity contribution in [3.63, 3.8) is 0 Å². The highest BCUT2D eigenvalue weighted by Crippen LogP contribution is 2.34. The van der Waals surface area contributed by atoms with E-state index in [2.05, 4.69) is 26.1 Å². The fraction of sp³-hybridized carbons (Fsp3) is 0.355. The van der Waals surface area contributed by atoms with Gasteiger partial charge in [-0.05, 0) is 77.0 Å². The van der Waals surface area contributed by atoms with Crippen LogP contribution in [0.25, 0.3) is 0 Å². The number of nitrogens with one attached hydrogen (secondary N) is 1. The molecule has 2 amide bonds. The van der Waals surface area contributed by atoms with Gasteiger partial charge in [0.05, 0.1) is 0 Å². The Morgan fingerprint density at radius 2 is 1.59 bits per heavy atom. The largest absolute Gasteiger partial charge is 0.454 e. The Hall–Kier alpha value is -3.55. The number of nitrogens with zero attached hydrogens (tertiary/aromatic N) is 1. The number of hydrogen-bond donors (Lipinski definition) is 2. The summed E-state index contributed by atoms with van der Waals surface area (Å²) in [6.45, 7) is 11.6. The van der Waals surface area contributed by atoms with Gasteiger partial charge >= 0.3 is 0 Å². The number of halogens is 1. The van der Waals surface area contributed by atoms with Crippen LogP contribution in [0.1, 0.15) is 66.5 Å². The van der Waals surface area contributed by atoms with E-state index < -0.39 is 0 Å². The normalized spacial score (nSPS) is 12.8. The van der Waals surface area contributed by atoms with E-state index in [4.69, 9.17) is 26.8 Å². The summed E-state index contributed by atoms with van der Waals surface area (Å²) in [5, 5.41) is 3.45. The molecule has 39 heavy (non-hydrogen) atoms. The first kappa shape index (κ1) is 28.5. The van der Waals surface area contributed by atoms with Crippen molar-refractivity contribution in [1.82, 2.24) is 4.90 Å². The first-order valence-electron chi connectivity index (χ1n) is 13.0. The summed E-state index contributed by atoms with van der Waals surface area (Å²) in [5.41, 5.74) is 9.17. The number of anilines is 1. The van der Waals surface area contributed by atoms with Crippen LogP contribution in [0, 0.1) is 5.41 Å². The first-order valence-corrected chi connectivity index (χ1v) is 13.3. The van der Waals surface area contributed by atoms with Crippen molar-refractivity contribution in [2.24, 2.45) is 11.1 Å². The summed E-state index contributed by atoms with van der Waals surface area (Å²) < 4.78 is 10.9. The highest BCUT2D eigenvalue weighted by molar-refractivity contribution is 6.31. The van der Waals surface area contributed by atoms with E-state index in [-0.39, 0.29) is 36.0 Å². The summed E-state index contributed by atoms with van der Waals surface area (Å²) in [7, 11) is 0. The lowest BCUT2D eigenvalue weighted by atomic mass is 9.87. The molecule has 7 nitrogen and oxygen atoms in total. The molecule has 0 fully saturated rings. The number of amides is 2. The van der Waals surface area contributed by atoms with Crippen LogP contribution >= 0.6 is 11.6 Å². The standard InChI is InChI=1S/C31H36ClN3O4/c1-30(2,3)23-9-6-20(7-10-23)28(36)34-24-11-12-25(32)22(14-24)16-35(18-31(4,5)17-33)29(37)21-8-13-26-27(15-21)39-19-38-26/h6-15H,16-19,33H2,1-5H3,(H,34,36). The zero-order valence-electron chi connectivity index (χ0n) is 23.1. The molecule has 1 aliphatic heterocycles. The molecule has 0 spiro atoms. The summed E-state index contributed by atoms with van der Waals surface area (Å²) in [6, 6.07) is 18.0. The Morgan fingerprint density at radius 3 is 2.26 bits per heavy atom. The number of benzene rings is 3. The molecule has 0 saturated carbocycles. The highest BCUT2D eigenvalue weighted by atomic mass is 35.5. The molecule has 0 aromatic heterocycles. The van der Waals surface area contributed by atoms with Crippen molar-refractivity contribution >= 4 is 29.1 Å². The number of rotatable bonds is 8. The second-order valence-corrected chi connectivity index (χ2v) is 12.1. The quantitative estimate of drug-likeness (QED) is 0.346. The Balaban J connectivity index is 1.56. The van der Waals surface area contributed by atoms with E-state index in [0.29, 0.717) is 52.0 Å². The molecule has 0 atom stereocenters. The second-order valence-electron chi connectivity index (χ2n) is 11.7. The van der Waals surface area contributed by atoms with Gasteiger partial charge in [0.2, 0.25) is 6.79 Å². The molecule has 3 N–H and O–H groups in total. The van der Waals surface area contributed by atoms with Crippen molar-refractivity contribution < 1.29 is 19.1 Å². The van der Waals surface area contributed by atoms with Crippen molar-refractivity contribution in [3.05, 3.63) is 87.9 Å². The third-order valence-corrected chi connectivity index (χ3v) is 7.12. The van der Waals surface area contributed by atoms with Gasteiger partial charge in [-0.15, -0.1) is 0 Å². The number of carbonyl (C=O) groups is 2. The minimum atomic E-state index is -0.330. The summed E-state index contributed by atoms with van der Waals surface area (Å²) in [4.78, 5) is 28.4. The zero-order valence-corrected chi connectivity index (χ0v) is 23.9. The van der Waals surface area contributed by atoms with Crippen molar-refractivity contribution in [1.29, 1.82) is 0 Å². The van der Waals surface area contributed by atoms with Crippen LogP contribution in [-0.2, 0) is 12.0 Å². The van der Waals surface area contributed by atoms with Crippen LogP contribution in [0.15, 0.2) is 60.7 Å². The predicted molar refractivity (Wildman–Crippen MR) is 155 cm³/mol. The molecule has 3 aromatic carbocycles. The minimum Gasteiger partial charge on any atom is -0.454 e. The molecule has 0 saturated heterocycles. The fourth-order valence-corrected chi connectivity index (χ4v) is 4.47. The minimum absolute atomic E-state index is 0.00244. The number of hydrogen-bond acceptors (Lipinski definition) is 5. The SMILES string of the molecule is CC(C)(CN)CN(Cc1cc(NC(=O)c2ccc(C(C)(C)C)cc2)ccc1Cl)C(=O)c1ccc2c(c1)OCO2. The average Bonchev–Trinajstić information content (AvgIpc) is 3.37. The van der Waals surface area contributed by atoms with E-state index in [0.717, 1.165) is 5.56 Å². The van der Waals surface area contributed by atoms with E-state index in [9.17, 15) is 9.59 Å². The van der Waals surface area contributed by atoms with Crippen LogP contribution in [-0.4, -0.2) is 36.6 Å². The summed E-state index contributed by atoms with van der Waals surface area (Å²) >= 11 is 6.57. The van der Waals surface area contributed by atoms with Gasteiger partial charge in [0.1, 0.15) is 0 Å². The van der Waals surface area contributed by atoms with Crippen LogP contribution in [0.2, 0.25) is 5.02 Å². The van der Waals surface area contributed by atoms with Crippen molar-refractivity contribution in [2.75, 3.05) is 25.2 Å². The van der Waals surface area contributed by atoms with Crippen molar-refractivity contribution in [2.45, 2.75) is 46.6 Å². The lowest BCUT2D eigenvalue weighted by Crippen LogP contribution is -2.41. The Labute approximate surface area is 235 Å².